The van der Waals surface area contributed by atoms with Gasteiger partial charge in [-0.1, -0.05) is 0 Å². The summed E-state index contributed by atoms with van der Waals surface area (Å²) in [6.07, 6.45) is -0.479. The summed E-state index contributed by atoms with van der Waals surface area (Å²) in [6.45, 7) is 3.51. The molecule has 1 aliphatic rings. The van der Waals surface area contributed by atoms with Gasteiger partial charge in [-0.05, 0) is 13.8 Å². The van der Waals surface area contributed by atoms with E-state index in [-0.39, 0.29) is 13.2 Å². The summed E-state index contributed by atoms with van der Waals surface area (Å²) in [5.41, 5.74) is -0.904. The first-order chi connectivity index (χ1) is 8.80. The minimum absolute atomic E-state index is 0.0554. The third-order valence-electron chi connectivity index (χ3n) is 2.57. The highest BCUT2D eigenvalue weighted by atomic mass is 19.2. The summed E-state index contributed by atoms with van der Waals surface area (Å²) >= 11 is 0. The average Bonchev–Trinajstić information content (AvgIpc) is 2.66. The van der Waals surface area contributed by atoms with Crippen molar-refractivity contribution < 1.29 is 27.0 Å². The molecular weight excluding hydrogens is 268 g/mol. The predicted octanol–water partition coefficient (Wildman–Crippen LogP) is 2.20. The van der Waals surface area contributed by atoms with Crippen LogP contribution in [0.5, 0.6) is 0 Å². The second-order valence-electron chi connectivity index (χ2n) is 4.53. The largest absolute Gasteiger partial charge is 0.377 e. The van der Waals surface area contributed by atoms with Crippen LogP contribution in [0, 0.1) is 23.5 Å². The van der Waals surface area contributed by atoms with Gasteiger partial charge in [0.25, 0.3) is 11.9 Å². The Balaban J connectivity index is 2.08. The molecule has 1 aromatic rings. The van der Waals surface area contributed by atoms with Gasteiger partial charge in [0.2, 0.25) is 11.6 Å². The maximum absolute atomic E-state index is 13.3. The lowest BCUT2D eigenvalue weighted by Gasteiger charge is -2.17. The van der Waals surface area contributed by atoms with Crippen molar-refractivity contribution in [3.63, 3.8) is 0 Å². The lowest BCUT2D eigenvalue weighted by molar-refractivity contribution is -0.136. The molecule has 19 heavy (non-hydrogen) atoms. The molecule has 1 saturated heterocycles. The van der Waals surface area contributed by atoms with E-state index in [4.69, 9.17) is 9.47 Å². The first-order valence-electron chi connectivity index (χ1n) is 5.56. The van der Waals surface area contributed by atoms with Gasteiger partial charge < -0.3 is 14.8 Å². The molecule has 0 bridgehead atoms. The topological polar surface area (TPSA) is 43.4 Å². The molecule has 0 radical (unpaired) electrons. The molecule has 0 aliphatic carbocycles. The number of ether oxygens (including phenoxy) is 2. The number of nitrogens with one attached hydrogen (secondary N) is 1. The SMILES string of the molecule is CC1(C)OCC(CNc2c(F)c(F)nc(F)c2F)O1. The minimum atomic E-state index is -1.70. The molecule has 4 nitrogen and oxygen atoms in total. The fourth-order valence-corrected chi connectivity index (χ4v) is 1.72. The molecule has 2 heterocycles. The van der Waals surface area contributed by atoms with Crippen LogP contribution in [0.25, 0.3) is 0 Å². The van der Waals surface area contributed by atoms with Crippen molar-refractivity contribution in [2.75, 3.05) is 18.5 Å². The molecule has 1 aromatic heterocycles. The highest BCUT2D eigenvalue weighted by Crippen LogP contribution is 2.25. The highest BCUT2D eigenvalue weighted by Gasteiger charge is 2.33. The van der Waals surface area contributed by atoms with E-state index >= 15 is 0 Å². The fraction of sp³-hybridized carbons (Fsp3) is 0.545. The molecule has 1 atom stereocenters. The van der Waals surface area contributed by atoms with Crippen LogP contribution in [0.15, 0.2) is 0 Å². The van der Waals surface area contributed by atoms with E-state index in [9.17, 15) is 17.6 Å². The number of aromatic nitrogens is 1. The predicted molar refractivity (Wildman–Crippen MR) is 57.5 cm³/mol. The lowest BCUT2D eigenvalue weighted by atomic mass is 10.3. The standard InChI is InChI=1S/C11H12F4N2O2/c1-11(2)18-4-5(19-11)3-16-8-6(12)9(14)17-10(15)7(8)13/h5H,3-4H2,1-2H3,(H,16,17). The molecule has 8 heteroatoms. The summed E-state index contributed by atoms with van der Waals surface area (Å²) in [6, 6.07) is 0. The van der Waals surface area contributed by atoms with E-state index < -0.39 is 41.1 Å². The van der Waals surface area contributed by atoms with Crippen LogP contribution in [0.3, 0.4) is 0 Å². The molecule has 106 valence electrons. The van der Waals surface area contributed by atoms with E-state index in [0.717, 1.165) is 0 Å². The van der Waals surface area contributed by atoms with Crippen molar-refractivity contribution in [3.05, 3.63) is 23.5 Å². The Labute approximate surface area is 106 Å². The monoisotopic (exact) mass is 280 g/mol. The molecule has 0 aromatic carbocycles. The average molecular weight is 280 g/mol. The molecule has 2 rings (SSSR count). The Morgan fingerprint density at radius 1 is 1.21 bits per heavy atom. The van der Waals surface area contributed by atoms with Crippen molar-refractivity contribution in [2.24, 2.45) is 0 Å². The number of anilines is 1. The summed E-state index contributed by atoms with van der Waals surface area (Å²) in [5, 5.41) is 2.27. The third-order valence-corrected chi connectivity index (χ3v) is 2.57. The maximum Gasteiger partial charge on any atom is 0.253 e. The second kappa shape index (κ2) is 4.93. The summed E-state index contributed by atoms with van der Waals surface area (Å²) in [4.78, 5) is 2.46. The third kappa shape index (κ3) is 2.95. The normalized spacial score (nSPS) is 21.7. The van der Waals surface area contributed by atoms with E-state index in [0.29, 0.717) is 0 Å². The second-order valence-corrected chi connectivity index (χ2v) is 4.53. The molecule has 0 spiro atoms. The van der Waals surface area contributed by atoms with Gasteiger partial charge >= 0.3 is 0 Å². The van der Waals surface area contributed by atoms with Crippen molar-refractivity contribution in [3.8, 4) is 0 Å². The number of hydrogen-bond donors (Lipinski definition) is 1. The van der Waals surface area contributed by atoms with Gasteiger partial charge in [0, 0.05) is 6.54 Å². The number of hydrogen-bond acceptors (Lipinski definition) is 4. The number of nitrogens with zero attached hydrogens (tertiary/aromatic N) is 1. The highest BCUT2D eigenvalue weighted by molar-refractivity contribution is 5.45. The van der Waals surface area contributed by atoms with Crippen molar-refractivity contribution in [2.45, 2.75) is 25.7 Å². The summed E-state index contributed by atoms with van der Waals surface area (Å²) in [5.74, 6) is -7.34. The quantitative estimate of drug-likeness (QED) is 0.681. The Morgan fingerprint density at radius 3 is 2.26 bits per heavy atom. The molecule has 1 aliphatic heterocycles. The Morgan fingerprint density at radius 2 is 1.79 bits per heavy atom. The zero-order valence-electron chi connectivity index (χ0n) is 10.3. The minimum Gasteiger partial charge on any atom is -0.377 e. The van der Waals surface area contributed by atoms with Crippen LogP contribution >= 0.6 is 0 Å². The smallest absolute Gasteiger partial charge is 0.253 e. The van der Waals surface area contributed by atoms with Crippen LogP contribution in [0.4, 0.5) is 23.2 Å². The first-order valence-corrected chi connectivity index (χ1v) is 5.56. The number of pyridine rings is 1. The number of rotatable bonds is 3. The Bertz CT molecular complexity index is 470. The van der Waals surface area contributed by atoms with Crippen LogP contribution in [0.2, 0.25) is 0 Å². The molecular formula is C11H12F4N2O2. The lowest BCUT2D eigenvalue weighted by Crippen LogP contribution is -2.26. The van der Waals surface area contributed by atoms with Gasteiger partial charge in [-0.2, -0.15) is 22.5 Å². The van der Waals surface area contributed by atoms with Crippen LogP contribution in [-0.4, -0.2) is 30.0 Å². The van der Waals surface area contributed by atoms with Gasteiger partial charge in [-0.3, -0.25) is 0 Å². The van der Waals surface area contributed by atoms with Crippen LogP contribution in [0.1, 0.15) is 13.8 Å². The Kier molecular flexibility index (Phi) is 3.64. The maximum atomic E-state index is 13.3. The van der Waals surface area contributed by atoms with Crippen LogP contribution < -0.4 is 5.32 Å². The van der Waals surface area contributed by atoms with Crippen molar-refractivity contribution >= 4 is 5.69 Å². The van der Waals surface area contributed by atoms with Crippen molar-refractivity contribution in [1.82, 2.24) is 4.98 Å². The van der Waals surface area contributed by atoms with E-state index in [1.54, 1.807) is 13.8 Å². The van der Waals surface area contributed by atoms with Crippen molar-refractivity contribution in [1.29, 1.82) is 0 Å². The molecule has 0 saturated carbocycles. The molecule has 1 N–H and O–H groups in total. The van der Waals surface area contributed by atoms with E-state index in [1.807, 2.05) is 0 Å². The first kappa shape index (κ1) is 14.0. The summed E-state index contributed by atoms with van der Waals surface area (Å²) < 4.78 is 62.9. The van der Waals surface area contributed by atoms with E-state index in [2.05, 4.69) is 10.3 Å². The van der Waals surface area contributed by atoms with Gasteiger partial charge in [-0.25, -0.2) is 0 Å². The fourth-order valence-electron chi connectivity index (χ4n) is 1.72. The van der Waals surface area contributed by atoms with Gasteiger partial charge in [0.05, 0.1) is 6.61 Å². The molecule has 1 unspecified atom stereocenters. The molecule has 0 amide bonds. The summed E-state index contributed by atoms with van der Waals surface area (Å²) in [7, 11) is 0. The molecule has 1 fully saturated rings. The van der Waals surface area contributed by atoms with E-state index in [1.165, 1.54) is 0 Å². The Hall–Kier alpha value is -1.41. The van der Waals surface area contributed by atoms with Crippen LogP contribution in [-0.2, 0) is 9.47 Å². The zero-order valence-corrected chi connectivity index (χ0v) is 10.3. The van der Waals surface area contributed by atoms with Gasteiger partial charge in [0.1, 0.15) is 11.8 Å². The number of halogens is 4. The zero-order chi connectivity index (χ0) is 14.2. The van der Waals surface area contributed by atoms with Gasteiger partial charge in [-0.15, -0.1) is 0 Å². The van der Waals surface area contributed by atoms with Gasteiger partial charge in [0.15, 0.2) is 5.79 Å².